The van der Waals surface area contributed by atoms with E-state index in [0.29, 0.717) is 6.54 Å². The fraction of sp³-hybridized carbons (Fsp3) is 0.857. The Morgan fingerprint density at radius 1 is 1.17 bits per heavy atom. The fourth-order valence-corrected chi connectivity index (χ4v) is 3.19. The van der Waals surface area contributed by atoms with Gasteiger partial charge in [-0.1, -0.05) is 27.7 Å². The van der Waals surface area contributed by atoms with E-state index in [2.05, 4.69) is 13.8 Å². The molecule has 18 heavy (non-hydrogen) atoms. The molecule has 2 aliphatic rings. The van der Waals surface area contributed by atoms with Crippen LogP contribution in [0.4, 0.5) is 0 Å². The molecule has 2 rings (SSSR count). The van der Waals surface area contributed by atoms with Gasteiger partial charge in [0.05, 0.1) is 0 Å². The van der Waals surface area contributed by atoms with Gasteiger partial charge in [0.25, 0.3) is 0 Å². The van der Waals surface area contributed by atoms with Crippen LogP contribution in [0.25, 0.3) is 0 Å². The summed E-state index contributed by atoms with van der Waals surface area (Å²) in [6, 6.07) is -0.671. The largest absolute Gasteiger partial charge is 0.480 e. The van der Waals surface area contributed by atoms with Crippen molar-refractivity contribution >= 4 is 11.9 Å². The van der Waals surface area contributed by atoms with E-state index in [1.807, 2.05) is 13.8 Å². The molecule has 0 aromatic heterocycles. The highest BCUT2D eigenvalue weighted by Crippen LogP contribution is 2.53. The minimum Gasteiger partial charge on any atom is -0.480 e. The summed E-state index contributed by atoms with van der Waals surface area (Å²) in [6.45, 7) is 8.62. The van der Waals surface area contributed by atoms with E-state index in [-0.39, 0.29) is 22.7 Å². The van der Waals surface area contributed by atoms with Crippen molar-refractivity contribution in [3.8, 4) is 0 Å². The van der Waals surface area contributed by atoms with Crippen molar-refractivity contribution in [2.45, 2.75) is 53.0 Å². The van der Waals surface area contributed by atoms with E-state index in [1.165, 1.54) is 0 Å². The maximum absolute atomic E-state index is 12.4. The number of carbonyl (C=O) groups excluding carboxylic acids is 1. The molecule has 0 radical (unpaired) electrons. The molecule has 1 aliphatic carbocycles. The zero-order valence-electron chi connectivity index (χ0n) is 11.7. The van der Waals surface area contributed by atoms with Crippen molar-refractivity contribution in [3.05, 3.63) is 0 Å². The van der Waals surface area contributed by atoms with Gasteiger partial charge in [-0.3, -0.25) is 4.79 Å². The number of hydrogen-bond donors (Lipinski definition) is 1. The van der Waals surface area contributed by atoms with Gasteiger partial charge in [-0.2, -0.15) is 0 Å². The van der Waals surface area contributed by atoms with Gasteiger partial charge in [-0.25, -0.2) is 4.79 Å². The van der Waals surface area contributed by atoms with Crippen LogP contribution in [-0.2, 0) is 9.59 Å². The lowest BCUT2D eigenvalue weighted by molar-refractivity contribution is -0.159. The lowest BCUT2D eigenvalue weighted by Crippen LogP contribution is -2.56. The first-order chi connectivity index (χ1) is 8.17. The Morgan fingerprint density at radius 2 is 1.72 bits per heavy atom. The lowest BCUT2D eigenvalue weighted by atomic mass is 9.76. The van der Waals surface area contributed by atoms with E-state index in [4.69, 9.17) is 0 Å². The maximum Gasteiger partial charge on any atom is 0.326 e. The van der Waals surface area contributed by atoms with Crippen LogP contribution >= 0.6 is 0 Å². The second-order valence-electron chi connectivity index (χ2n) is 7.11. The predicted molar refractivity (Wildman–Crippen MR) is 68.0 cm³/mol. The highest BCUT2D eigenvalue weighted by molar-refractivity contribution is 5.88. The summed E-state index contributed by atoms with van der Waals surface area (Å²) in [5.41, 5.74) is -0.277. The average Bonchev–Trinajstić information content (AvgIpc) is 2.84. The summed E-state index contributed by atoms with van der Waals surface area (Å²) in [4.78, 5) is 25.6. The van der Waals surface area contributed by atoms with Crippen LogP contribution < -0.4 is 0 Å². The molecule has 0 aromatic carbocycles. The summed E-state index contributed by atoms with van der Waals surface area (Å²) >= 11 is 0. The zero-order valence-corrected chi connectivity index (χ0v) is 11.7. The highest BCUT2D eigenvalue weighted by atomic mass is 16.4. The Labute approximate surface area is 108 Å². The van der Waals surface area contributed by atoms with Crippen LogP contribution in [0, 0.1) is 16.7 Å². The van der Waals surface area contributed by atoms with Crippen molar-refractivity contribution in [3.63, 3.8) is 0 Å². The second kappa shape index (κ2) is 3.97. The monoisotopic (exact) mass is 253 g/mol. The Morgan fingerprint density at radius 3 is 2.17 bits per heavy atom. The zero-order chi connectivity index (χ0) is 13.7. The Kier molecular flexibility index (Phi) is 2.95. The molecule has 1 heterocycles. The Balaban J connectivity index is 2.20. The maximum atomic E-state index is 12.4. The Hall–Kier alpha value is -1.06. The van der Waals surface area contributed by atoms with Crippen molar-refractivity contribution in [1.29, 1.82) is 0 Å². The molecule has 1 aliphatic heterocycles. The van der Waals surface area contributed by atoms with Crippen molar-refractivity contribution in [2.24, 2.45) is 16.7 Å². The van der Waals surface area contributed by atoms with E-state index in [1.54, 1.807) is 4.90 Å². The molecule has 4 nitrogen and oxygen atoms in total. The smallest absolute Gasteiger partial charge is 0.326 e. The molecule has 4 heteroatoms. The SMILES string of the molecule is CC1(C)CC1C(=O)N1CCCC(C)(C)C1C(=O)O. The number of likely N-dealkylation sites (tertiary alicyclic amines) is 1. The van der Waals surface area contributed by atoms with Gasteiger partial charge >= 0.3 is 5.97 Å². The van der Waals surface area contributed by atoms with Crippen LogP contribution in [0.15, 0.2) is 0 Å². The third-order valence-electron chi connectivity index (χ3n) is 4.60. The third-order valence-corrected chi connectivity index (χ3v) is 4.60. The minimum absolute atomic E-state index is 0.0215. The molecule has 1 N–H and O–H groups in total. The topological polar surface area (TPSA) is 57.6 Å². The van der Waals surface area contributed by atoms with E-state index >= 15 is 0 Å². The number of hydrogen-bond acceptors (Lipinski definition) is 2. The summed E-state index contributed by atoms with van der Waals surface area (Å²) in [5.74, 6) is -0.806. The molecule has 1 amide bonds. The van der Waals surface area contributed by atoms with Crippen LogP contribution in [0.3, 0.4) is 0 Å². The molecule has 2 atom stereocenters. The average molecular weight is 253 g/mol. The van der Waals surface area contributed by atoms with Gasteiger partial charge in [0.15, 0.2) is 0 Å². The van der Waals surface area contributed by atoms with Crippen molar-refractivity contribution < 1.29 is 14.7 Å². The van der Waals surface area contributed by atoms with Crippen molar-refractivity contribution in [1.82, 2.24) is 4.90 Å². The van der Waals surface area contributed by atoms with E-state index in [0.717, 1.165) is 19.3 Å². The first kappa shape index (κ1) is 13.4. The van der Waals surface area contributed by atoms with Gasteiger partial charge in [-0.15, -0.1) is 0 Å². The number of carboxylic acid groups (broad SMARTS) is 1. The molecule has 0 bridgehead atoms. The summed E-state index contributed by atoms with van der Waals surface area (Å²) < 4.78 is 0. The van der Waals surface area contributed by atoms with Crippen LogP contribution in [0.5, 0.6) is 0 Å². The first-order valence-corrected chi connectivity index (χ1v) is 6.70. The lowest BCUT2D eigenvalue weighted by Gasteiger charge is -2.44. The van der Waals surface area contributed by atoms with Crippen molar-refractivity contribution in [2.75, 3.05) is 6.54 Å². The first-order valence-electron chi connectivity index (χ1n) is 6.70. The number of carbonyl (C=O) groups is 2. The number of carboxylic acids is 1. The third kappa shape index (κ3) is 2.13. The second-order valence-corrected chi connectivity index (χ2v) is 7.11. The quantitative estimate of drug-likeness (QED) is 0.820. The number of amides is 1. The molecular weight excluding hydrogens is 230 g/mol. The standard InChI is InChI=1S/C14H23NO3/c1-13(2)6-5-7-15(10(13)12(17)18)11(16)9-8-14(9,3)4/h9-10H,5-8H2,1-4H3,(H,17,18). The normalized spacial score (nSPS) is 33.0. The fourth-order valence-electron chi connectivity index (χ4n) is 3.19. The number of rotatable bonds is 2. The summed E-state index contributed by atoms with van der Waals surface area (Å²) in [7, 11) is 0. The molecule has 0 spiro atoms. The predicted octanol–water partition coefficient (Wildman–Crippen LogP) is 2.13. The molecule has 1 saturated heterocycles. The summed E-state index contributed by atoms with van der Waals surface area (Å²) in [5, 5.41) is 9.43. The van der Waals surface area contributed by atoms with Gasteiger partial charge in [0.1, 0.15) is 6.04 Å². The molecule has 1 saturated carbocycles. The highest BCUT2D eigenvalue weighted by Gasteiger charge is 2.55. The molecule has 2 unspecified atom stereocenters. The van der Waals surface area contributed by atoms with Crippen LogP contribution in [0.2, 0.25) is 0 Å². The van der Waals surface area contributed by atoms with Gasteiger partial charge < -0.3 is 10.0 Å². The molecular formula is C14H23NO3. The number of nitrogens with zero attached hydrogens (tertiary/aromatic N) is 1. The molecule has 102 valence electrons. The molecule has 2 fully saturated rings. The Bertz CT molecular complexity index is 387. The molecule has 0 aromatic rings. The van der Waals surface area contributed by atoms with Gasteiger partial charge in [-0.05, 0) is 30.1 Å². The van der Waals surface area contributed by atoms with Crippen LogP contribution in [-0.4, -0.2) is 34.5 Å². The van der Waals surface area contributed by atoms with E-state index in [9.17, 15) is 14.7 Å². The number of aliphatic carboxylic acids is 1. The van der Waals surface area contributed by atoms with Gasteiger partial charge in [0.2, 0.25) is 5.91 Å². The van der Waals surface area contributed by atoms with Gasteiger partial charge in [0, 0.05) is 12.5 Å². The van der Waals surface area contributed by atoms with Crippen LogP contribution in [0.1, 0.15) is 47.0 Å². The summed E-state index contributed by atoms with van der Waals surface area (Å²) in [6.07, 6.45) is 2.65. The number of piperidine rings is 1. The minimum atomic E-state index is -0.869. The van der Waals surface area contributed by atoms with E-state index < -0.39 is 12.0 Å².